The zero-order valence-corrected chi connectivity index (χ0v) is 17.5. The second kappa shape index (κ2) is 7.10. The number of nitrogens with zero attached hydrogens (tertiary/aromatic N) is 3. The minimum Gasteiger partial charge on any atom is -0.387 e. The van der Waals surface area contributed by atoms with Crippen LogP contribution in [0.15, 0.2) is 29.2 Å². The largest absolute Gasteiger partial charge is 0.387 e. The van der Waals surface area contributed by atoms with Gasteiger partial charge in [0.15, 0.2) is 0 Å². The van der Waals surface area contributed by atoms with E-state index < -0.39 is 0 Å². The van der Waals surface area contributed by atoms with E-state index in [1.54, 1.807) is 31.4 Å². The summed E-state index contributed by atoms with van der Waals surface area (Å²) in [4.78, 5) is 52.0. The second-order valence-corrected chi connectivity index (χ2v) is 7.77. The van der Waals surface area contributed by atoms with Crippen molar-refractivity contribution in [1.29, 1.82) is 0 Å². The van der Waals surface area contributed by atoms with Gasteiger partial charge in [-0.25, -0.2) is 4.98 Å². The van der Waals surface area contributed by atoms with E-state index in [2.05, 4.69) is 20.3 Å². The predicted molar refractivity (Wildman–Crippen MR) is 115 cm³/mol. The van der Waals surface area contributed by atoms with Crippen LogP contribution in [0.5, 0.6) is 0 Å². The molecule has 9 heteroatoms. The first-order valence-electron chi connectivity index (χ1n) is 9.72. The Kier molecular flexibility index (Phi) is 4.70. The van der Waals surface area contributed by atoms with E-state index in [1.165, 1.54) is 4.90 Å². The zero-order valence-electron chi connectivity index (χ0n) is 17.5. The van der Waals surface area contributed by atoms with E-state index in [-0.39, 0.29) is 29.5 Å². The van der Waals surface area contributed by atoms with Gasteiger partial charge in [-0.15, -0.1) is 0 Å². The Morgan fingerprint density at radius 3 is 2.40 bits per heavy atom. The molecular weight excluding hydrogens is 384 g/mol. The van der Waals surface area contributed by atoms with Gasteiger partial charge >= 0.3 is 0 Å². The van der Waals surface area contributed by atoms with Crippen LogP contribution >= 0.6 is 0 Å². The van der Waals surface area contributed by atoms with Crippen molar-refractivity contribution in [3.8, 4) is 11.4 Å². The number of hydrogen-bond acceptors (Lipinski definition) is 6. The van der Waals surface area contributed by atoms with Crippen LogP contribution in [0.1, 0.15) is 34.6 Å². The number of amides is 2. The number of pyridine rings is 1. The standard InChI is InChI=1S/C21H24N6O3/c1-10(26(4)5)11(2)27-20(29)12-8-15-16(9-13(12)21(27)30)25-18(24-15)17-14(22-3)6-7-23-19(17)28/h6-11H,1-5H3,(H,24,25)(H2,22,23,28). The molecule has 1 aliphatic rings. The maximum absolute atomic E-state index is 13.0. The lowest BCUT2D eigenvalue weighted by Gasteiger charge is -2.32. The average molecular weight is 408 g/mol. The molecule has 0 bridgehead atoms. The number of H-pyrrole nitrogens is 2. The first kappa shape index (κ1) is 19.8. The average Bonchev–Trinajstić information content (AvgIpc) is 3.23. The summed E-state index contributed by atoms with van der Waals surface area (Å²) in [6.45, 7) is 3.85. The van der Waals surface area contributed by atoms with Crippen molar-refractivity contribution in [2.24, 2.45) is 0 Å². The highest BCUT2D eigenvalue weighted by Crippen LogP contribution is 2.31. The first-order valence-corrected chi connectivity index (χ1v) is 9.72. The van der Waals surface area contributed by atoms with Crippen molar-refractivity contribution >= 4 is 28.5 Å². The van der Waals surface area contributed by atoms with Crippen molar-refractivity contribution < 1.29 is 9.59 Å². The Balaban J connectivity index is 1.79. The molecule has 30 heavy (non-hydrogen) atoms. The van der Waals surface area contributed by atoms with Gasteiger partial charge in [-0.3, -0.25) is 19.3 Å². The highest BCUT2D eigenvalue weighted by atomic mass is 16.2. The number of aromatic nitrogens is 3. The van der Waals surface area contributed by atoms with Crippen molar-refractivity contribution in [2.45, 2.75) is 25.9 Å². The van der Waals surface area contributed by atoms with Crippen molar-refractivity contribution in [2.75, 3.05) is 26.5 Å². The van der Waals surface area contributed by atoms with Crippen LogP contribution in [0.3, 0.4) is 0 Å². The number of imidazole rings is 1. The summed E-state index contributed by atoms with van der Waals surface area (Å²) in [5.74, 6) is -0.273. The molecule has 2 aromatic heterocycles. The third-order valence-corrected chi connectivity index (χ3v) is 5.91. The molecule has 0 radical (unpaired) electrons. The van der Waals surface area contributed by atoms with E-state index in [4.69, 9.17) is 0 Å². The van der Waals surface area contributed by atoms with Crippen LogP contribution in [0, 0.1) is 0 Å². The second-order valence-electron chi connectivity index (χ2n) is 7.77. The fourth-order valence-electron chi connectivity index (χ4n) is 3.82. The molecule has 156 valence electrons. The maximum Gasteiger partial charge on any atom is 0.261 e. The van der Waals surface area contributed by atoms with Crippen molar-refractivity contribution in [3.63, 3.8) is 0 Å². The Bertz CT molecular complexity index is 1170. The zero-order chi connectivity index (χ0) is 21.7. The van der Waals surface area contributed by atoms with Crippen molar-refractivity contribution in [1.82, 2.24) is 24.8 Å². The van der Waals surface area contributed by atoms with Crippen LogP contribution in [-0.4, -0.2) is 69.8 Å². The molecule has 1 aromatic carbocycles. The molecule has 1 aliphatic heterocycles. The van der Waals surface area contributed by atoms with E-state index in [1.807, 2.05) is 32.8 Å². The number of likely N-dealkylation sites (N-methyl/N-ethyl adjacent to an activating group) is 1. The molecule has 0 saturated carbocycles. The van der Waals surface area contributed by atoms with E-state index in [0.717, 1.165) is 0 Å². The van der Waals surface area contributed by atoms with Gasteiger partial charge in [-0.05, 0) is 46.1 Å². The Morgan fingerprint density at radius 2 is 1.77 bits per heavy atom. The molecule has 0 spiro atoms. The normalized spacial score (nSPS) is 15.7. The quantitative estimate of drug-likeness (QED) is 0.556. The Morgan fingerprint density at radius 1 is 1.10 bits per heavy atom. The van der Waals surface area contributed by atoms with E-state index in [9.17, 15) is 14.4 Å². The summed E-state index contributed by atoms with van der Waals surface area (Å²) in [5.41, 5.74) is 2.48. The Labute approximate surface area is 173 Å². The number of carbonyl (C=O) groups is 2. The highest BCUT2D eigenvalue weighted by Gasteiger charge is 2.41. The smallest absolute Gasteiger partial charge is 0.261 e. The molecule has 2 unspecified atom stereocenters. The lowest BCUT2D eigenvalue weighted by Crippen LogP contribution is -2.48. The van der Waals surface area contributed by atoms with E-state index in [0.29, 0.717) is 39.2 Å². The van der Waals surface area contributed by atoms with E-state index >= 15 is 0 Å². The van der Waals surface area contributed by atoms with Gasteiger partial charge < -0.3 is 20.2 Å². The summed E-state index contributed by atoms with van der Waals surface area (Å²) in [6.07, 6.45) is 1.55. The van der Waals surface area contributed by atoms with Gasteiger partial charge in [0, 0.05) is 19.3 Å². The third kappa shape index (κ3) is 2.89. The number of benzene rings is 1. The maximum atomic E-state index is 13.0. The van der Waals surface area contributed by atoms with Crippen LogP contribution in [-0.2, 0) is 0 Å². The number of anilines is 1. The third-order valence-electron chi connectivity index (χ3n) is 5.91. The minimum absolute atomic E-state index is 0.00609. The van der Waals surface area contributed by atoms with Crippen LogP contribution < -0.4 is 10.9 Å². The molecular formula is C21H24N6O3. The lowest BCUT2D eigenvalue weighted by molar-refractivity contribution is 0.0525. The van der Waals surface area contributed by atoms with Gasteiger partial charge in [0.25, 0.3) is 17.4 Å². The van der Waals surface area contributed by atoms with Gasteiger partial charge in [-0.2, -0.15) is 0 Å². The molecule has 3 aromatic rings. The topological polar surface area (TPSA) is 114 Å². The van der Waals surface area contributed by atoms with Crippen LogP contribution in [0.4, 0.5) is 5.69 Å². The van der Waals surface area contributed by atoms with Gasteiger partial charge in [0.05, 0.1) is 33.9 Å². The summed E-state index contributed by atoms with van der Waals surface area (Å²) < 4.78 is 0. The fraction of sp³-hybridized carbons (Fsp3) is 0.333. The lowest BCUT2D eigenvalue weighted by atomic mass is 10.1. The summed E-state index contributed by atoms with van der Waals surface area (Å²) in [5, 5.41) is 2.98. The minimum atomic E-state index is -0.323. The van der Waals surface area contributed by atoms with Gasteiger partial charge in [-0.1, -0.05) is 0 Å². The first-order chi connectivity index (χ1) is 14.2. The number of nitrogens with one attached hydrogen (secondary N) is 3. The molecule has 2 amide bonds. The van der Waals surface area contributed by atoms with Gasteiger partial charge in [0.2, 0.25) is 0 Å². The fourth-order valence-corrected chi connectivity index (χ4v) is 3.82. The highest BCUT2D eigenvalue weighted by molar-refractivity contribution is 6.23. The number of hydrogen-bond donors (Lipinski definition) is 3. The summed E-state index contributed by atoms with van der Waals surface area (Å²) in [6, 6.07) is 4.72. The number of fused-ring (bicyclic) bond motifs is 2. The molecule has 3 heterocycles. The molecule has 3 N–H and O–H groups in total. The molecule has 4 rings (SSSR count). The molecule has 9 nitrogen and oxygen atoms in total. The van der Waals surface area contributed by atoms with Crippen LogP contribution in [0.2, 0.25) is 0 Å². The number of imide groups is 1. The van der Waals surface area contributed by atoms with Crippen molar-refractivity contribution in [3.05, 3.63) is 45.9 Å². The predicted octanol–water partition coefficient (Wildman–Crippen LogP) is 1.89. The number of rotatable bonds is 5. The molecule has 2 atom stereocenters. The van der Waals surface area contributed by atoms with Crippen LogP contribution in [0.25, 0.3) is 22.4 Å². The SMILES string of the molecule is CNc1cc[nH]c(=O)c1-c1nc2cc3c(cc2[nH]1)C(=O)N(C(C)C(C)N(C)C)C3=O. The molecule has 0 fully saturated rings. The monoisotopic (exact) mass is 408 g/mol. The Hall–Kier alpha value is -3.46. The van der Waals surface area contributed by atoms with Gasteiger partial charge in [0.1, 0.15) is 11.4 Å². The summed E-state index contributed by atoms with van der Waals surface area (Å²) in [7, 11) is 5.55. The number of aromatic amines is 2. The molecule has 0 saturated heterocycles. The molecule has 0 aliphatic carbocycles. The summed E-state index contributed by atoms with van der Waals surface area (Å²) >= 11 is 0. The number of carbonyl (C=O) groups excluding carboxylic acids is 2.